The van der Waals surface area contributed by atoms with Gasteiger partial charge in [0.25, 0.3) is 0 Å². The molecule has 0 heterocycles. The summed E-state index contributed by atoms with van der Waals surface area (Å²) in [7, 11) is 0. The molecule has 0 fully saturated rings. The number of aryl methyl sites for hydroxylation is 1. The number of nitrogens with one attached hydrogen (secondary N) is 2. The Morgan fingerprint density at radius 1 is 1.04 bits per heavy atom. The number of halogens is 3. The lowest BCUT2D eigenvalue weighted by atomic mass is 9.85. The predicted octanol–water partition coefficient (Wildman–Crippen LogP) is 5.47. The van der Waals surface area contributed by atoms with E-state index in [1.54, 1.807) is 0 Å². The summed E-state index contributed by atoms with van der Waals surface area (Å²) < 4.78 is 43.3. The van der Waals surface area contributed by atoms with Crippen molar-refractivity contribution in [3.8, 4) is 5.75 Å². The molecular formula is C20H23F3N2O2. The quantitative estimate of drug-likeness (QED) is 0.691. The summed E-state index contributed by atoms with van der Waals surface area (Å²) in [5.74, 6) is 0.669. The van der Waals surface area contributed by atoms with Crippen molar-refractivity contribution in [1.29, 1.82) is 0 Å². The van der Waals surface area contributed by atoms with Gasteiger partial charge in [0.2, 0.25) is 0 Å². The third kappa shape index (κ3) is 5.91. The van der Waals surface area contributed by atoms with E-state index in [1.807, 2.05) is 25.1 Å². The molecule has 0 radical (unpaired) electrons. The van der Waals surface area contributed by atoms with Crippen LogP contribution in [0.5, 0.6) is 5.75 Å². The minimum Gasteiger partial charge on any atom is -0.473 e. The molecule has 0 spiro atoms. The number of amides is 2. The summed E-state index contributed by atoms with van der Waals surface area (Å²) in [5, 5.41) is 4.99. The van der Waals surface area contributed by atoms with Crippen LogP contribution < -0.4 is 15.4 Å². The van der Waals surface area contributed by atoms with Gasteiger partial charge in [-0.15, -0.1) is 0 Å². The maximum atomic E-state index is 12.5. The molecule has 2 aromatic carbocycles. The minimum absolute atomic E-state index is 0.0708. The predicted molar refractivity (Wildman–Crippen MR) is 99.0 cm³/mol. The molecule has 0 aliphatic rings. The topological polar surface area (TPSA) is 50.4 Å². The van der Waals surface area contributed by atoms with E-state index in [-0.39, 0.29) is 17.8 Å². The van der Waals surface area contributed by atoms with Crippen LogP contribution in [0.1, 0.15) is 37.5 Å². The Hall–Kier alpha value is -2.70. The molecule has 0 saturated heterocycles. The molecule has 7 heteroatoms. The van der Waals surface area contributed by atoms with E-state index in [2.05, 4.69) is 31.4 Å². The molecule has 0 aliphatic heterocycles. The number of carbonyl (C=O) groups is 1. The van der Waals surface area contributed by atoms with Crippen LogP contribution in [-0.2, 0) is 11.6 Å². The van der Waals surface area contributed by atoms with E-state index in [0.717, 1.165) is 23.3 Å². The number of anilines is 1. The van der Waals surface area contributed by atoms with Crippen molar-refractivity contribution < 1.29 is 22.7 Å². The zero-order valence-corrected chi connectivity index (χ0v) is 15.7. The van der Waals surface area contributed by atoms with Crippen molar-refractivity contribution in [3.05, 3.63) is 59.2 Å². The highest BCUT2D eigenvalue weighted by molar-refractivity contribution is 5.89. The fourth-order valence-corrected chi connectivity index (χ4v) is 2.45. The van der Waals surface area contributed by atoms with E-state index in [9.17, 15) is 18.0 Å². The van der Waals surface area contributed by atoms with Gasteiger partial charge in [-0.2, -0.15) is 13.2 Å². The molecule has 2 N–H and O–H groups in total. The zero-order chi connectivity index (χ0) is 20.2. The van der Waals surface area contributed by atoms with Crippen LogP contribution in [0.15, 0.2) is 42.5 Å². The van der Waals surface area contributed by atoms with E-state index in [1.165, 1.54) is 12.1 Å². The number of hydrogen-bond acceptors (Lipinski definition) is 2. The number of benzene rings is 2. The van der Waals surface area contributed by atoms with Gasteiger partial charge in [0.15, 0.2) is 6.73 Å². The Morgan fingerprint density at radius 2 is 1.67 bits per heavy atom. The third-order valence-electron chi connectivity index (χ3n) is 3.87. The van der Waals surface area contributed by atoms with Gasteiger partial charge in [-0.25, -0.2) is 4.79 Å². The Labute approximate surface area is 156 Å². The molecule has 0 saturated carbocycles. The number of rotatable bonds is 4. The molecule has 4 nitrogen and oxygen atoms in total. The number of urea groups is 1. The largest absolute Gasteiger partial charge is 0.473 e. The highest BCUT2D eigenvalue weighted by Gasteiger charge is 2.30. The minimum atomic E-state index is -4.41. The molecule has 2 amide bonds. The van der Waals surface area contributed by atoms with Crippen LogP contribution in [-0.4, -0.2) is 12.8 Å². The van der Waals surface area contributed by atoms with E-state index in [4.69, 9.17) is 4.74 Å². The van der Waals surface area contributed by atoms with Gasteiger partial charge in [0, 0.05) is 5.69 Å². The second-order valence-electron chi connectivity index (χ2n) is 7.24. The molecule has 0 aliphatic carbocycles. The van der Waals surface area contributed by atoms with E-state index < -0.39 is 17.8 Å². The first-order chi connectivity index (χ1) is 12.5. The van der Waals surface area contributed by atoms with Crippen molar-refractivity contribution in [1.82, 2.24) is 5.32 Å². The van der Waals surface area contributed by atoms with Crippen LogP contribution in [0.2, 0.25) is 0 Å². The van der Waals surface area contributed by atoms with Crippen LogP contribution in [0, 0.1) is 6.92 Å². The third-order valence-corrected chi connectivity index (χ3v) is 3.87. The fourth-order valence-electron chi connectivity index (χ4n) is 2.45. The average Bonchev–Trinajstić information content (AvgIpc) is 2.55. The fraction of sp³-hybridized carbons (Fsp3) is 0.350. The second-order valence-corrected chi connectivity index (χ2v) is 7.24. The maximum absolute atomic E-state index is 12.5. The molecule has 0 aromatic heterocycles. The molecule has 0 unspecified atom stereocenters. The van der Waals surface area contributed by atoms with Gasteiger partial charge < -0.3 is 15.4 Å². The lowest BCUT2D eigenvalue weighted by molar-refractivity contribution is -0.137. The highest BCUT2D eigenvalue weighted by Crippen LogP contribution is 2.32. The van der Waals surface area contributed by atoms with Crippen LogP contribution in [0.4, 0.5) is 23.7 Å². The summed E-state index contributed by atoms with van der Waals surface area (Å²) in [4.78, 5) is 11.9. The van der Waals surface area contributed by atoms with Crippen molar-refractivity contribution in [2.75, 3.05) is 12.0 Å². The van der Waals surface area contributed by atoms with Crippen molar-refractivity contribution >= 4 is 11.7 Å². The molecule has 27 heavy (non-hydrogen) atoms. The van der Waals surface area contributed by atoms with Crippen molar-refractivity contribution in [2.24, 2.45) is 0 Å². The Balaban J connectivity index is 1.92. The first-order valence-electron chi connectivity index (χ1n) is 8.43. The van der Waals surface area contributed by atoms with Crippen molar-refractivity contribution in [2.45, 2.75) is 39.3 Å². The number of carbonyl (C=O) groups excluding carboxylic acids is 1. The smallest absolute Gasteiger partial charge is 0.416 e. The normalized spacial score (nSPS) is 11.8. The number of hydrogen-bond donors (Lipinski definition) is 2. The molecule has 2 rings (SSSR count). The monoisotopic (exact) mass is 380 g/mol. The Kier molecular flexibility index (Phi) is 6.03. The summed E-state index contributed by atoms with van der Waals surface area (Å²) in [6.45, 7) is 8.13. The average molecular weight is 380 g/mol. The summed E-state index contributed by atoms with van der Waals surface area (Å²) in [5.41, 5.74) is 1.49. The molecular weight excluding hydrogens is 357 g/mol. The first-order valence-corrected chi connectivity index (χ1v) is 8.43. The Bertz CT molecular complexity index is 794. The second kappa shape index (κ2) is 7.90. The van der Waals surface area contributed by atoms with Gasteiger partial charge in [-0.3, -0.25) is 0 Å². The van der Waals surface area contributed by atoms with Gasteiger partial charge in [-0.05, 0) is 48.2 Å². The number of alkyl halides is 3. The molecule has 146 valence electrons. The van der Waals surface area contributed by atoms with Gasteiger partial charge in [-0.1, -0.05) is 38.5 Å². The molecule has 0 atom stereocenters. The van der Waals surface area contributed by atoms with Crippen molar-refractivity contribution in [3.63, 3.8) is 0 Å². The van der Waals surface area contributed by atoms with E-state index in [0.29, 0.717) is 5.75 Å². The molecule has 0 bridgehead atoms. The standard InChI is InChI=1S/C20H23F3N2O2/c1-13-5-10-17(16(11-13)19(2,3)4)27-12-24-18(26)25-15-8-6-14(7-9-15)20(21,22)23/h5-11H,12H2,1-4H3,(H2,24,25,26). The van der Waals surface area contributed by atoms with Crippen LogP contribution >= 0.6 is 0 Å². The zero-order valence-electron chi connectivity index (χ0n) is 15.7. The summed E-state index contributed by atoms with van der Waals surface area (Å²) in [6.07, 6.45) is -4.41. The van der Waals surface area contributed by atoms with Crippen LogP contribution in [0.25, 0.3) is 0 Å². The van der Waals surface area contributed by atoms with E-state index >= 15 is 0 Å². The SMILES string of the molecule is Cc1ccc(OCNC(=O)Nc2ccc(C(F)(F)F)cc2)c(C(C)(C)C)c1. The summed E-state index contributed by atoms with van der Waals surface area (Å²) >= 11 is 0. The first kappa shape index (κ1) is 20.6. The lowest BCUT2D eigenvalue weighted by Crippen LogP contribution is -2.32. The van der Waals surface area contributed by atoms with Crippen LogP contribution in [0.3, 0.4) is 0 Å². The van der Waals surface area contributed by atoms with Gasteiger partial charge >= 0.3 is 12.2 Å². The Morgan fingerprint density at radius 3 is 2.22 bits per heavy atom. The van der Waals surface area contributed by atoms with Gasteiger partial charge in [0.05, 0.1) is 5.56 Å². The lowest BCUT2D eigenvalue weighted by Gasteiger charge is -2.23. The number of ether oxygens (including phenoxy) is 1. The summed E-state index contributed by atoms with van der Waals surface area (Å²) in [6, 6.07) is 9.46. The maximum Gasteiger partial charge on any atom is 0.416 e. The molecule has 2 aromatic rings. The van der Waals surface area contributed by atoms with Gasteiger partial charge in [0.1, 0.15) is 5.75 Å². The highest BCUT2D eigenvalue weighted by atomic mass is 19.4.